The van der Waals surface area contributed by atoms with Crippen LogP contribution in [0.3, 0.4) is 0 Å². The molecule has 2 heterocycles. The smallest absolute Gasteiger partial charge is 0.137 e. The topological polar surface area (TPSA) is 20.3 Å². The van der Waals surface area contributed by atoms with E-state index in [1.807, 2.05) is 12.1 Å². The molecule has 0 radical (unpaired) electrons. The van der Waals surface area contributed by atoms with Crippen molar-refractivity contribution in [1.82, 2.24) is 0 Å². The number of carbonyl (C=O) groups is 1. The summed E-state index contributed by atoms with van der Waals surface area (Å²) in [7, 11) is 0. The maximum absolute atomic E-state index is 11.7. The van der Waals surface area contributed by atoms with Crippen LogP contribution in [0.2, 0.25) is 5.02 Å². The molecule has 2 unspecified atom stereocenters. The molecule has 2 aliphatic rings. The third-order valence-electron chi connectivity index (χ3n) is 4.17. The maximum atomic E-state index is 11.7. The van der Waals surface area contributed by atoms with Gasteiger partial charge in [-0.25, -0.2) is 0 Å². The second-order valence-corrected chi connectivity index (χ2v) is 5.95. The van der Waals surface area contributed by atoms with Gasteiger partial charge in [-0.3, -0.25) is 4.79 Å². The monoisotopic (exact) mass is 263 g/mol. The van der Waals surface area contributed by atoms with Crippen LogP contribution in [0.15, 0.2) is 18.2 Å². The Kier molecular flexibility index (Phi) is 3.06. The average molecular weight is 264 g/mol. The fourth-order valence-corrected chi connectivity index (χ4v) is 3.60. The molecule has 18 heavy (non-hydrogen) atoms. The second-order valence-electron chi connectivity index (χ2n) is 5.55. The molecule has 2 nitrogen and oxygen atoms in total. The van der Waals surface area contributed by atoms with Crippen molar-refractivity contribution >= 4 is 23.1 Å². The van der Waals surface area contributed by atoms with Gasteiger partial charge in [0.1, 0.15) is 5.78 Å². The number of fused-ring (bicyclic) bond motifs is 2. The van der Waals surface area contributed by atoms with Crippen LogP contribution in [0.1, 0.15) is 37.7 Å². The molecule has 0 N–H and O–H groups in total. The molecule has 0 aliphatic carbocycles. The highest BCUT2D eigenvalue weighted by Gasteiger charge is 2.38. The van der Waals surface area contributed by atoms with Crippen LogP contribution < -0.4 is 4.90 Å². The third-order valence-corrected chi connectivity index (χ3v) is 4.49. The van der Waals surface area contributed by atoms with E-state index in [2.05, 4.69) is 17.9 Å². The molecule has 2 aliphatic heterocycles. The Bertz CT molecular complexity index is 469. The molecule has 2 bridgehead atoms. The number of piperidine rings is 2. The van der Waals surface area contributed by atoms with E-state index in [1.165, 1.54) is 12.0 Å². The van der Waals surface area contributed by atoms with E-state index in [1.54, 1.807) is 0 Å². The minimum absolute atomic E-state index is 0.365. The lowest BCUT2D eigenvalue weighted by Crippen LogP contribution is -2.52. The van der Waals surface area contributed by atoms with Crippen molar-refractivity contribution in [2.24, 2.45) is 0 Å². The molecule has 0 spiro atoms. The number of anilines is 1. The minimum Gasteiger partial charge on any atom is -0.363 e. The molecule has 3 heteroatoms. The van der Waals surface area contributed by atoms with Crippen LogP contribution in [-0.4, -0.2) is 17.9 Å². The first kappa shape index (κ1) is 12.0. The number of nitrogens with zero attached hydrogens (tertiary/aromatic N) is 1. The number of halogens is 1. The molecule has 0 saturated carbocycles. The van der Waals surface area contributed by atoms with Crippen molar-refractivity contribution < 1.29 is 4.79 Å². The number of aryl methyl sites for hydroxylation is 1. The molecule has 0 amide bonds. The van der Waals surface area contributed by atoms with Gasteiger partial charge in [0, 0.05) is 24.9 Å². The first-order chi connectivity index (χ1) is 8.65. The lowest BCUT2D eigenvalue weighted by atomic mass is 9.83. The summed E-state index contributed by atoms with van der Waals surface area (Å²) >= 11 is 6.35. The van der Waals surface area contributed by atoms with E-state index in [9.17, 15) is 4.79 Å². The highest BCUT2D eigenvalue weighted by molar-refractivity contribution is 6.33. The van der Waals surface area contributed by atoms with Crippen molar-refractivity contribution in [3.05, 3.63) is 28.8 Å². The van der Waals surface area contributed by atoms with Gasteiger partial charge in [-0.1, -0.05) is 17.7 Å². The first-order valence-corrected chi connectivity index (χ1v) is 7.09. The zero-order valence-corrected chi connectivity index (χ0v) is 11.4. The molecule has 2 fully saturated rings. The van der Waals surface area contributed by atoms with Crippen molar-refractivity contribution in [3.8, 4) is 0 Å². The van der Waals surface area contributed by atoms with Crippen LogP contribution in [0, 0.1) is 6.92 Å². The maximum Gasteiger partial charge on any atom is 0.137 e. The average Bonchev–Trinajstić information content (AvgIpc) is 2.31. The first-order valence-electron chi connectivity index (χ1n) is 6.71. The van der Waals surface area contributed by atoms with Crippen LogP contribution in [0.5, 0.6) is 0 Å². The summed E-state index contributed by atoms with van der Waals surface area (Å²) in [5, 5.41) is 0.812. The minimum atomic E-state index is 0.365. The molecule has 2 saturated heterocycles. The van der Waals surface area contributed by atoms with Crippen LogP contribution in [0.4, 0.5) is 5.69 Å². The van der Waals surface area contributed by atoms with Gasteiger partial charge < -0.3 is 4.90 Å². The van der Waals surface area contributed by atoms with Crippen LogP contribution in [0.25, 0.3) is 0 Å². The molecule has 2 atom stereocenters. The number of carbonyl (C=O) groups excluding carboxylic acids is 1. The van der Waals surface area contributed by atoms with Crippen molar-refractivity contribution in [2.75, 3.05) is 4.90 Å². The van der Waals surface area contributed by atoms with E-state index in [4.69, 9.17) is 11.6 Å². The normalized spacial score (nSPS) is 27.4. The molecule has 96 valence electrons. The van der Waals surface area contributed by atoms with E-state index in [-0.39, 0.29) is 0 Å². The fraction of sp³-hybridized carbons (Fsp3) is 0.533. The Morgan fingerprint density at radius 2 is 1.89 bits per heavy atom. The quantitative estimate of drug-likeness (QED) is 0.769. The Morgan fingerprint density at radius 3 is 2.56 bits per heavy atom. The van der Waals surface area contributed by atoms with Crippen LogP contribution in [-0.2, 0) is 4.79 Å². The van der Waals surface area contributed by atoms with Crippen molar-refractivity contribution in [1.29, 1.82) is 0 Å². The molecule has 1 aromatic carbocycles. The predicted octanol–water partition coefficient (Wildman–Crippen LogP) is 3.74. The van der Waals surface area contributed by atoms with Crippen LogP contribution >= 0.6 is 11.6 Å². The number of rotatable bonds is 1. The molecule has 1 aromatic rings. The number of ketones is 1. The largest absolute Gasteiger partial charge is 0.363 e. The lowest BCUT2D eigenvalue weighted by molar-refractivity contribution is -0.121. The molecular weight excluding hydrogens is 246 g/mol. The Labute approximate surface area is 113 Å². The summed E-state index contributed by atoms with van der Waals surface area (Å²) in [5.41, 5.74) is 2.35. The summed E-state index contributed by atoms with van der Waals surface area (Å²) in [6, 6.07) is 6.90. The van der Waals surface area contributed by atoms with E-state index >= 15 is 0 Å². The fourth-order valence-electron chi connectivity index (χ4n) is 3.39. The number of benzene rings is 1. The Morgan fingerprint density at radius 1 is 1.22 bits per heavy atom. The number of Topliss-reactive ketones (excluding diaryl/α,β-unsaturated/α-hetero) is 1. The van der Waals surface area contributed by atoms with E-state index < -0.39 is 0 Å². The van der Waals surface area contributed by atoms with E-state index in [0.717, 1.165) is 23.6 Å². The SMILES string of the molecule is Cc1ccc(Cl)c(N2C3CCCC2CC(=O)C3)c1. The second kappa shape index (κ2) is 4.58. The Hall–Kier alpha value is -1.02. The van der Waals surface area contributed by atoms with Gasteiger partial charge >= 0.3 is 0 Å². The zero-order chi connectivity index (χ0) is 12.7. The van der Waals surface area contributed by atoms with E-state index in [0.29, 0.717) is 30.7 Å². The summed E-state index contributed by atoms with van der Waals surface area (Å²) in [4.78, 5) is 14.2. The molecular formula is C15H18ClNO. The van der Waals surface area contributed by atoms with Gasteiger partial charge in [0.15, 0.2) is 0 Å². The highest BCUT2D eigenvalue weighted by atomic mass is 35.5. The van der Waals surface area contributed by atoms with Gasteiger partial charge in [-0.2, -0.15) is 0 Å². The summed E-state index contributed by atoms with van der Waals surface area (Å²) < 4.78 is 0. The Balaban J connectivity index is 2.00. The number of hydrogen-bond acceptors (Lipinski definition) is 2. The van der Waals surface area contributed by atoms with Gasteiger partial charge in [-0.05, 0) is 43.9 Å². The predicted molar refractivity (Wildman–Crippen MR) is 74.3 cm³/mol. The van der Waals surface area contributed by atoms with Gasteiger partial charge in [0.05, 0.1) is 10.7 Å². The van der Waals surface area contributed by atoms with Gasteiger partial charge in [-0.15, -0.1) is 0 Å². The standard InChI is InChI=1S/C15H18ClNO/c1-10-5-6-14(16)15(7-10)17-11-3-2-4-12(17)9-13(18)8-11/h5-7,11-12H,2-4,8-9H2,1H3. The van der Waals surface area contributed by atoms with Gasteiger partial charge in [0.2, 0.25) is 0 Å². The summed E-state index contributed by atoms with van der Waals surface area (Å²) in [6.07, 6.45) is 4.86. The van der Waals surface area contributed by atoms with Gasteiger partial charge in [0.25, 0.3) is 0 Å². The zero-order valence-electron chi connectivity index (χ0n) is 10.7. The van der Waals surface area contributed by atoms with Crippen molar-refractivity contribution in [2.45, 2.75) is 51.1 Å². The summed E-state index contributed by atoms with van der Waals surface area (Å²) in [5.74, 6) is 0.421. The summed E-state index contributed by atoms with van der Waals surface area (Å²) in [6.45, 7) is 2.09. The van der Waals surface area contributed by atoms with Crippen molar-refractivity contribution in [3.63, 3.8) is 0 Å². The number of hydrogen-bond donors (Lipinski definition) is 0. The molecule has 0 aromatic heterocycles. The highest BCUT2D eigenvalue weighted by Crippen LogP contribution is 2.39. The lowest BCUT2D eigenvalue weighted by Gasteiger charge is -2.47. The molecule has 3 rings (SSSR count). The third kappa shape index (κ3) is 2.03.